The molecule has 21 heavy (non-hydrogen) atoms. The minimum atomic E-state index is 0.188. The van der Waals surface area contributed by atoms with Crippen LogP contribution < -0.4 is 5.32 Å². The first-order valence-corrected chi connectivity index (χ1v) is 8.72. The van der Waals surface area contributed by atoms with E-state index in [9.17, 15) is 0 Å². The van der Waals surface area contributed by atoms with Gasteiger partial charge in [0.2, 0.25) is 0 Å². The molecule has 0 amide bonds. The maximum Gasteiger partial charge on any atom is 0.0701 e. The van der Waals surface area contributed by atoms with E-state index in [4.69, 9.17) is 0 Å². The SMILES string of the molecule is CCCNC(c1c(Br)cnn1CCN(C)C)C(C)(C)CC. The van der Waals surface area contributed by atoms with Crippen LogP contribution in [0, 0.1) is 5.41 Å². The quantitative estimate of drug-likeness (QED) is 0.730. The van der Waals surface area contributed by atoms with Crippen molar-refractivity contribution >= 4 is 15.9 Å². The van der Waals surface area contributed by atoms with Crippen molar-refractivity contribution in [2.45, 2.75) is 53.1 Å². The summed E-state index contributed by atoms with van der Waals surface area (Å²) in [5.74, 6) is 0. The van der Waals surface area contributed by atoms with Crippen LogP contribution in [0.2, 0.25) is 0 Å². The molecule has 0 aliphatic carbocycles. The monoisotopic (exact) mass is 358 g/mol. The second kappa shape index (κ2) is 8.30. The van der Waals surface area contributed by atoms with Crippen LogP contribution in [0.15, 0.2) is 10.7 Å². The summed E-state index contributed by atoms with van der Waals surface area (Å²) in [6.45, 7) is 12.1. The Morgan fingerprint density at radius 3 is 2.57 bits per heavy atom. The Balaban J connectivity index is 3.08. The van der Waals surface area contributed by atoms with Crippen LogP contribution in [0.1, 0.15) is 52.3 Å². The molecule has 1 heterocycles. The molecule has 1 aromatic heterocycles. The Bertz CT molecular complexity index is 426. The molecule has 0 spiro atoms. The molecule has 0 bridgehead atoms. The third-order valence-corrected chi connectivity index (χ3v) is 4.77. The fraction of sp³-hybridized carbons (Fsp3) is 0.812. The molecule has 122 valence electrons. The summed E-state index contributed by atoms with van der Waals surface area (Å²) < 4.78 is 3.26. The standard InChI is InChI=1S/C16H31BrN4/c1-7-9-18-15(16(3,4)8-2)14-13(17)12-19-21(14)11-10-20(5)6/h12,15,18H,7-11H2,1-6H3. The third-order valence-electron chi connectivity index (χ3n) is 4.16. The maximum absolute atomic E-state index is 4.57. The highest BCUT2D eigenvalue weighted by atomic mass is 79.9. The number of nitrogens with one attached hydrogen (secondary N) is 1. The smallest absolute Gasteiger partial charge is 0.0701 e. The highest BCUT2D eigenvalue weighted by molar-refractivity contribution is 9.10. The van der Waals surface area contributed by atoms with Gasteiger partial charge < -0.3 is 10.2 Å². The van der Waals surface area contributed by atoms with Crippen LogP contribution in [0.5, 0.6) is 0 Å². The van der Waals surface area contributed by atoms with Gasteiger partial charge in [0.15, 0.2) is 0 Å². The lowest BCUT2D eigenvalue weighted by Crippen LogP contribution is -2.36. The van der Waals surface area contributed by atoms with E-state index in [2.05, 4.69) is 77.7 Å². The molecular weight excluding hydrogens is 328 g/mol. The van der Waals surface area contributed by atoms with Gasteiger partial charge in [0.1, 0.15) is 0 Å². The summed E-state index contributed by atoms with van der Waals surface area (Å²) in [6, 6.07) is 0.307. The zero-order valence-electron chi connectivity index (χ0n) is 14.4. The van der Waals surface area contributed by atoms with E-state index in [0.29, 0.717) is 6.04 Å². The van der Waals surface area contributed by atoms with Crippen molar-refractivity contribution in [1.29, 1.82) is 0 Å². The molecule has 1 atom stereocenters. The van der Waals surface area contributed by atoms with Gasteiger partial charge in [0, 0.05) is 6.54 Å². The van der Waals surface area contributed by atoms with E-state index in [1.54, 1.807) is 0 Å². The van der Waals surface area contributed by atoms with Crippen LogP contribution in [-0.4, -0.2) is 41.9 Å². The van der Waals surface area contributed by atoms with E-state index in [0.717, 1.165) is 36.9 Å². The fourth-order valence-corrected chi connectivity index (χ4v) is 2.89. The number of nitrogens with zero attached hydrogens (tertiary/aromatic N) is 3. The minimum Gasteiger partial charge on any atom is -0.308 e. The van der Waals surface area contributed by atoms with Crippen LogP contribution in [0.25, 0.3) is 0 Å². The second-order valence-corrected chi connectivity index (χ2v) is 7.49. The Morgan fingerprint density at radius 1 is 1.38 bits per heavy atom. The summed E-state index contributed by atoms with van der Waals surface area (Å²) in [5, 5.41) is 8.30. The Kier molecular flexibility index (Phi) is 7.37. The number of rotatable bonds is 9. The van der Waals surface area contributed by atoms with Gasteiger partial charge in [-0.1, -0.05) is 27.7 Å². The van der Waals surface area contributed by atoms with E-state index < -0.39 is 0 Å². The van der Waals surface area contributed by atoms with Gasteiger partial charge >= 0.3 is 0 Å². The predicted octanol–water partition coefficient (Wildman–Crippen LogP) is 3.68. The number of hydrogen-bond acceptors (Lipinski definition) is 3. The van der Waals surface area contributed by atoms with Gasteiger partial charge in [0.05, 0.1) is 29.0 Å². The largest absolute Gasteiger partial charge is 0.308 e. The third kappa shape index (κ3) is 5.08. The van der Waals surface area contributed by atoms with Crippen LogP contribution >= 0.6 is 15.9 Å². The summed E-state index contributed by atoms with van der Waals surface area (Å²) in [6.07, 6.45) is 4.19. The van der Waals surface area contributed by atoms with Crippen LogP contribution in [0.3, 0.4) is 0 Å². The minimum absolute atomic E-state index is 0.188. The number of halogens is 1. The molecule has 1 N–H and O–H groups in total. The summed E-state index contributed by atoms with van der Waals surface area (Å²) >= 11 is 3.70. The van der Waals surface area contributed by atoms with Gasteiger partial charge in [0.25, 0.3) is 0 Å². The normalized spacial score (nSPS) is 13.9. The maximum atomic E-state index is 4.57. The van der Waals surface area contributed by atoms with Crippen molar-refractivity contribution in [2.24, 2.45) is 5.41 Å². The van der Waals surface area contributed by atoms with Crippen molar-refractivity contribution in [3.63, 3.8) is 0 Å². The Hall–Kier alpha value is -0.390. The molecule has 0 saturated carbocycles. The highest BCUT2D eigenvalue weighted by Crippen LogP contribution is 2.39. The van der Waals surface area contributed by atoms with E-state index >= 15 is 0 Å². The fourth-order valence-electron chi connectivity index (χ4n) is 2.37. The number of aromatic nitrogens is 2. The first-order chi connectivity index (χ1) is 9.83. The molecule has 0 aromatic carbocycles. The van der Waals surface area contributed by atoms with Gasteiger partial charge in [-0.15, -0.1) is 0 Å². The topological polar surface area (TPSA) is 33.1 Å². The van der Waals surface area contributed by atoms with Crippen molar-refractivity contribution in [3.05, 3.63) is 16.4 Å². The highest BCUT2D eigenvalue weighted by Gasteiger charge is 2.32. The van der Waals surface area contributed by atoms with Crippen molar-refractivity contribution in [3.8, 4) is 0 Å². The number of likely N-dealkylation sites (N-methyl/N-ethyl adjacent to an activating group) is 1. The molecule has 0 radical (unpaired) electrons. The molecule has 0 fully saturated rings. The average molecular weight is 359 g/mol. The molecule has 0 saturated heterocycles. The van der Waals surface area contributed by atoms with E-state index in [1.165, 1.54) is 5.69 Å². The zero-order valence-corrected chi connectivity index (χ0v) is 16.0. The van der Waals surface area contributed by atoms with Gasteiger partial charge in [-0.05, 0) is 54.8 Å². The van der Waals surface area contributed by atoms with Crippen molar-refractivity contribution in [2.75, 3.05) is 27.2 Å². The van der Waals surface area contributed by atoms with Gasteiger partial charge in [-0.3, -0.25) is 4.68 Å². The van der Waals surface area contributed by atoms with Crippen molar-refractivity contribution in [1.82, 2.24) is 20.0 Å². The predicted molar refractivity (Wildman–Crippen MR) is 93.6 cm³/mol. The van der Waals surface area contributed by atoms with E-state index in [1.807, 2.05) is 6.20 Å². The number of hydrogen-bond donors (Lipinski definition) is 1. The second-order valence-electron chi connectivity index (χ2n) is 6.63. The average Bonchev–Trinajstić information content (AvgIpc) is 2.78. The molecule has 5 heteroatoms. The molecule has 4 nitrogen and oxygen atoms in total. The zero-order chi connectivity index (χ0) is 16.0. The molecule has 0 aliphatic heterocycles. The molecule has 1 unspecified atom stereocenters. The molecular formula is C16H31BrN4. The summed E-state index contributed by atoms with van der Waals surface area (Å²) in [5.41, 5.74) is 1.46. The Labute approximate surface area is 138 Å². The Morgan fingerprint density at radius 2 is 2.05 bits per heavy atom. The lowest BCUT2D eigenvalue weighted by molar-refractivity contribution is 0.220. The van der Waals surface area contributed by atoms with Crippen LogP contribution in [0.4, 0.5) is 0 Å². The van der Waals surface area contributed by atoms with Gasteiger partial charge in [-0.25, -0.2) is 0 Å². The first-order valence-electron chi connectivity index (χ1n) is 7.92. The molecule has 1 aromatic rings. The lowest BCUT2D eigenvalue weighted by atomic mass is 9.80. The van der Waals surface area contributed by atoms with Crippen molar-refractivity contribution < 1.29 is 0 Å². The van der Waals surface area contributed by atoms with Crippen LogP contribution in [-0.2, 0) is 6.54 Å². The lowest BCUT2D eigenvalue weighted by Gasteiger charge is -2.35. The summed E-state index contributed by atoms with van der Waals surface area (Å²) in [7, 11) is 4.20. The molecule has 1 rings (SSSR count). The van der Waals surface area contributed by atoms with E-state index in [-0.39, 0.29) is 5.41 Å². The van der Waals surface area contributed by atoms with Gasteiger partial charge in [-0.2, -0.15) is 5.10 Å². The molecule has 0 aliphatic rings. The summed E-state index contributed by atoms with van der Waals surface area (Å²) in [4.78, 5) is 2.19. The first kappa shape index (κ1) is 18.7.